The lowest BCUT2D eigenvalue weighted by Gasteiger charge is -2.27. The minimum Gasteiger partial charge on any atom is -0.480 e. The Kier molecular flexibility index (Phi) is 11.4. The smallest absolute Gasteiger partial charge is 0.326 e. The first kappa shape index (κ1) is 26.2. The van der Waals surface area contributed by atoms with E-state index in [1.165, 1.54) is 0 Å². The predicted molar refractivity (Wildman–Crippen MR) is 98.8 cm³/mol. The Morgan fingerprint density at radius 3 is 1.86 bits per heavy atom. The predicted octanol–water partition coefficient (Wildman–Crippen LogP) is -4.24. The number of aliphatic hydroxyl groups is 2. The Morgan fingerprint density at radius 2 is 1.45 bits per heavy atom. The number of carbonyl (C=O) groups excluding carboxylic acids is 4. The van der Waals surface area contributed by atoms with Gasteiger partial charge in [-0.25, -0.2) is 4.79 Å². The molecule has 0 aliphatic carbocycles. The van der Waals surface area contributed by atoms with Crippen LogP contribution in [-0.2, 0) is 24.0 Å². The normalized spacial score (nSPS) is 15.9. The summed E-state index contributed by atoms with van der Waals surface area (Å²) in [6.07, 6.45) is -0.222. The number of carbonyl (C=O) groups is 5. The average molecular weight is 419 g/mol. The van der Waals surface area contributed by atoms with E-state index in [4.69, 9.17) is 21.7 Å². The first-order valence-electron chi connectivity index (χ1n) is 8.87. The molecular formula is C16H29N5O8. The lowest BCUT2D eigenvalue weighted by atomic mass is 9.97. The highest BCUT2D eigenvalue weighted by Gasteiger charge is 2.32. The van der Waals surface area contributed by atoms with E-state index in [2.05, 4.69) is 10.6 Å². The Bertz CT molecular complexity index is 614. The Labute approximate surface area is 167 Å². The number of hydrogen-bond acceptors (Lipinski definition) is 8. The molecule has 13 nitrogen and oxygen atoms in total. The molecule has 10 N–H and O–H groups in total. The molecule has 4 amide bonds. The number of nitrogens with two attached hydrogens (primary N) is 2. The van der Waals surface area contributed by atoms with Crippen LogP contribution >= 0.6 is 0 Å². The van der Waals surface area contributed by atoms with E-state index >= 15 is 0 Å². The molecule has 0 aliphatic rings. The van der Waals surface area contributed by atoms with Gasteiger partial charge in [0.2, 0.25) is 23.6 Å². The monoisotopic (exact) mass is 419 g/mol. The van der Waals surface area contributed by atoms with Gasteiger partial charge < -0.3 is 42.7 Å². The van der Waals surface area contributed by atoms with Gasteiger partial charge in [0.15, 0.2) is 0 Å². The number of rotatable bonds is 13. The first-order chi connectivity index (χ1) is 13.5. The van der Waals surface area contributed by atoms with Crippen molar-refractivity contribution in [3.63, 3.8) is 0 Å². The third-order valence-corrected chi connectivity index (χ3v) is 4.16. The van der Waals surface area contributed by atoms with Crippen molar-refractivity contribution in [3.8, 4) is 0 Å². The fourth-order valence-corrected chi connectivity index (χ4v) is 2.17. The molecule has 0 spiro atoms. The maximum Gasteiger partial charge on any atom is 0.326 e. The zero-order valence-corrected chi connectivity index (χ0v) is 16.3. The molecule has 0 saturated heterocycles. The molecule has 5 unspecified atom stereocenters. The van der Waals surface area contributed by atoms with Crippen LogP contribution in [0.5, 0.6) is 0 Å². The van der Waals surface area contributed by atoms with Crippen LogP contribution in [0.2, 0.25) is 0 Å². The fraction of sp³-hybridized carbons (Fsp3) is 0.688. The topological polar surface area (TPSA) is 234 Å². The summed E-state index contributed by atoms with van der Waals surface area (Å²) in [4.78, 5) is 58.7. The molecule has 0 aromatic carbocycles. The lowest BCUT2D eigenvalue weighted by molar-refractivity contribution is -0.144. The van der Waals surface area contributed by atoms with Crippen molar-refractivity contribution in [1.29, 1.82) is 0 Å². The van der Waals surface area contributed by atoms with Crippen LogP contribution in [0.1, 0.15) is 26.7 Å². The highest BCUT2D eigenvalue weighted by atomic mass is 16.4. The van der Waals surface area contributed by atoms with Crippen molar-refractivity contribution >= 4 is 29.6 Å². The SMILES string of the molecule is CCC(C)C(NC(=O)C(N)CO)C(=O)NC(CO)C(=O)NC(CC(N)=O)C(=O)O. The zero-order valence-electron chi connectivity index (χ0n) is 16.3. The van der Waals surface area contributed by atoms with Crippen LogP contribution < -0.4 is 27.4 Å². The van der Waals surface area contributed by atoms with E-state index in [-0.39, 0.29) is 0 Å². The summed E-state index contributed by atoms with van der Waals surface area (Å²) < 4.78 is 0. The number of nitrogens with one attached hydrogen (secondary N) is 3. The van der Waals surface area contributed by atoms with Gasteiger partial charge in [0.25, 0.3) is 0 Å². The molecule has 13 heteroatoms. The molecule has 0 aliphatic heterocycles. The molecule has 0 fully saturated rings. The van der Waals surface area contributed by atoms with Gasteiger partial charge in [-0.1, -0.05) is 20.3 Å². The molecule has 0 aromatic rings. The van der Waals surface area contributed by atoms with Crippen LogP contribution in [0.3, 0.4) is 0 Å². The van der Waals surface area contributed by atoms with Gasteiger partial charge in [-0.3, -0.25) is 19.2 Å². The number of amides is 4. The van der Waals surface area contributed by atoms with Crippen LogP contribution in [-0.4, -0.2) is 82.3 Å². The molecule has 0 rings (SSSR count). The minimum atomic E-state index is -1.64. The first-order valence-corrected chi connectivity index (χ1v) is 8.87. The highest BCUT2D eigenvalue weighted by molar-refractivity contribution is 5.95. The summed E-state index contributed by atoms with van der Waals surface area (Å²) in [6, 6.07) is -5.57. The van der Waals surface area contributed by atoms with Gasteiger partial charge in [-0.2, -0.15) is 0 Å². The van der Waals surface area contributed by atoms with Crippen molar-refractivity contribution in [2.45, 2.75) is 50.9 Å². The average Bonchev–Trinajstić information content (AvgIpc) is 2.67. The van der Waals surface area contributed by atoms with Crippen molar-refractivity contribution < 1.29 is 39.3 Å². The van der Waals surface area contributed by atoms with Gasteiger partial charge in [0, 0.05) is 0 Å². The summed E-state index contributed by atoms with van der Waals surface area (Å²) in [5.41, 5.74) is 10.3. The van der Waals surface area contributed by atoms with Crippen LogP contribution in [0.25, 0.3) is 0 Å². The second-order valence-electron chi connectivity index (χ2n) is 6.47. The van der Waals surface area contributed by atoms with E-state index in [0.29, 0.717) is 6.42 Å². The summed E-state index contributed by atoms with van der Waals surface area (Å²) in [5, 5.41) is 34.0. The molecule has 5 atom stereocenters. The summed E-state index contributed by atoms with van der Waals surface area (Å²) in [6.45, 7) is 1.88. The minimum absolute atomic E-state index is 0.395. The van der Waals surface area contributed by atoms with E-state index in [0.717, 1.165) is 0 Å². The molecule has 0 radical (unpaired) electrons. The van der Waals surface area contributed by atoms with E-state index in [1.807, 2.05) is 5.32 Å². The van der Waals surface area contributed by atoms with Crippen molar-refractivity contribution in [1.82, 2.24) is 16.0 Å². The second-order valence-corrected chi connectivity index (χ2v) is 6.47. The number of carboxylic acid groups (broad SMARTS) is 1. The molecule has 0 heterocycles. The number of aliphatic hydroxyl groups excluding tert-OH is 2. The second kappa shape index (κ2) is 12.6. The number of carboxylic acids is 1. The summed E-state index contributed by atoms with van der Waals surface area (Å²) >= 11 is 0. The number of primary amides is 1. The molecule has 0 aromatic heterocycles. The van der Waals surface area contributed by atoms with Crippen LogP contribution in [0.15, 0.2) is 0 Å². The zero-order chi connectivity index (χ0) is 22.7. The van der Waals surface area contributed by atoms with Gasteiger partial charge in [-0.05, 0) is 5.92 Å². The van der Waals surface area contributed by atoms with E-state index in [1.54, 1.807) is 13.8 Å². The molecular weight excluding hydrogens is 390 g/mol. The van der Waals surface area contributed by atoms with E-state index in [9.17, 15) is 29.1 Å². The Hall–Kier alpha value is -2.77. The quantitative estimate of drug-likeness (QED) is 0.144. The lowest BCUT2D eigenvalue weighted by Crippen LogP contribution is -2.59. The standard InChI is InChI=1S/C16H29N5O8/c1-3-7(2)12(21-13(25)8(17)5-22)15(27)20-10(6-23)14(26)19-9(16(28)29)4-11(18)24/h7-10,12,22-23H,3-6,17H2,1-2H3,(H2,18,24)(H,19,26)(H,20,27)(H,21,25)(H,28,29). The molecule has 0 bridgehead atoms. The third kappa shape index (κ3) is 8.85. The van der Waals surface area contributed by atoms with Gasteiger partial charge in [0.1, 0.15) is 24.2 Å². The van der Waals surface area contributed by atoms with E-state index < -0.39 is 79.3 Å². The fourth-order valence-electron chi connectivity index (χ4n) is 2.17. The van der Waals surface area contributed by atoms with Crippen molar-refractivity contribution in [2.24, 2.45) is 17.4 Å². The largest absolute Gasteiger partial charge is 0.480 e. The summed E-state index contributed by atoms with van der Waals surface area (Å²) in [5.74, 6) is -5.56. The van der Waals surface area contributed by atoms with Gasteiger partial charge >= 0.3 is 5.97 Å². The Balaban J connectivity index is 5.26. The maximum atomic E-state index is 12.6. The van der Waals surface area contributed by atoms with Crippen molar-refractivity contribution in [2.75, 3.05) is 13.2 Å². The van der Waals surface area contributed by atoms with Crippen molar-refractivity contribution in [3.05, 3.63) is 0 Å². The van der Waals surface area contributed by atoms with Crippen LogP contribution in [0.4, 0.5) is 0 Å². The number of hydrogen-bond donors (Lipinski definition) is 8. The van der Waals surface area contributed by atoms with Crippen LogP contribution in [0, 0.1) is 5.92 Å². The third-order valence-electron chi connectivity index (χ3n) is 4.16. The van der Waals surface area contributed by atoms with Gasteiger partial charge in [0.05, 0.1) is 19.6 Å². The summed E-state index contributed by atoms with van der Waals surface area (Å²) in [7, 11) is 0. The number of aliphatic carboxylic acids is 1. The molecule has 166 valence electrons. The Morgan fingerprint density at radius 1 is 0.897 bits per heavy atom. The molecule has 0 saturated carbocycles. The maximum absolute atomic E-state index is 12.6. The highest BCUT2D eigenvalue weighted by Crippen LogP contribution is 2.09. The molecule has 29 heavy (non-hydrogen) atoms. The van der Waals surface area contributed by atoms with Gasteiger partial charge in [-0.15, -0.1) is 0 Å².